The van der Waals surface area contributed by atoms with Crippen molar-refractivity contribution in [2.75, 3.05) is 19.8 Å². The largest absolute Gasteiger partial charge is 0.388 e. The van der Waals surface area contributed by atoms with Gasteiger partial charge in [-0.25, -0.2) is 0 Å². The number of hydrogen-bond donors (Lipinski definition) is 4. The SMILES string of the molecule is CCCCCCCCCCCCCCCCCOCC(O)COC1OC(C)C(O)C(O)C1O. The first kappa shape index (κ1) is 30.8. The minimum atomic E-state index is -1.36. The summed E-state index contributed by atoms with van der Waals surface area (Å²) in [7, 11) is 0. The zero-order chi connectivity index (χ0) is 24.3. The summed E-state index contributed by atoms with van der Waals surface area (Å²) in [6.45, 7) is 4.55. The fraction of sp³-hybridized carbons (Fsp3) is 1.00. The molecule has 0 aromatic carbocycles. The molecule has 7 nitrogen and oxygen atoms in total. The molecule has 198 valence electrons. The highest BCUT2D eigenvalue weighted by Crippen LogP contribution is 2.22. The number of unbranched alkanes of at least 4 members (excludes halogenated alkanes) is 14. The summed E-state index contributed by atoms with van der Waals surface area (Å²) in [5, 5.41) is 39.3. The molecule has 0 radical (unpaired) electrons. The van der Waals surface area contributed by atoms with Crippen LogP contribution in [0.1, 0.15) is 110 Å². The van der Waals surface area contributed by atoms with Crippen LogP contribution in [-0.4, -0.2) is 77.1 Å². The first-order chi connectivity index (χ1) is 16.0. The molecular formula is C26H52O7. The lowest BCUT2D eigenvalue weighted by Crippen LogP contribution is -2.57. The first-order valence-electron chi connectivity index (χ1n) is 13.5. The van der Waals surface area contributed by atoms with E-state index in [0.717, 1.165) is 12.8 Å². The van der Waals surface area contributed by atoms with Gasteiger partial charge in [0.1, 0.15) is 24.4 Å². The number of aliphatic hydroxyl groups excluding tert-OH is 4. The molecule has 1 heterocycles. The standard InChI is InChI=1S/C26H52O7/c1-3-4-5-6-7-8-9-10-11-12-13-14-15-16-17-18-31-19-22(27)20-32-26-25(30)24(29)23(28)21(2)33-26/h21-30H,3-20H2,1-2H3. The summed E-state index contributed by atoms with van der Waals surface area (Å²) in [5.41, 5.74) is 0. The van der Waals surface area contributed by atoms with E-state index in [2.05, 4.69) is 6.92 Å². The zero-order valence-electron chi connectivity index (χ0n) is 21.2. The van der Waals surface area contributed by atoms with Crippen molar-refractivity contribution in [1.29, 1.82) is 0 Å². The minimum Gasteiger partial charge on any atom is -0.388 e. The Labute approximate surface area is 201 Å². The Kier molecular flexibility index (Phi) is 18.6. The maximum atomic E-state index is 9.98. The van der Waals surface area contributed by atoms with Crippen molar-refractivity contribution in [2.24, 2.45) is 0 Å². The van der Waals surface area contributed by atoms with E-state index < -0.39 is 36.8 Å². The normalized spacial score (nSPS) is 26.5. The zero-order valence-corrected chi connectivity index (χ0v) is 21.2. The van der Waals surface area contributed by atoms with Crippen molar-refractivity contribution in [1.82, 2.24) is 0 Å². The van der Waals surface area contributed by atoms with Crippen LogP contribution in [0.3, 0.4) is 0 Å². The Morgan fingerprint density at radius 3 is 1.67 bits per heavy atom. The highest BCUT2D eigenvalue weighted by atomic mass is 16.7. The lowest BCUT2D eigenvalue weighted by atomic mass is 10.0. The number of ether oxygens (including phenoxy) is 3. The van der Waals surface area contributed by atoms with E-state index in [-0.39, 0.29) is 13.2 Å². The molecule has 0 spiro atoms. The lowest BCUT2D eigenvalue weighted by molar-refractivity contribution is -0.297. The predicted molar refractivity (Wildman–Crippen MR) is 130 cm³/mol. The third-order valence-corrected chi connectivity index (χ3v) is 6.46. The Bertz CT molecular complexity index is 437. The molecule has 1 aliphatic rings. The van der Waals surface area contributed by atoms with Crippen LogP contribution in [0, 0.1) is 0 Å². The topological polar surface area (TPSA) is 109 Å². The maximum Gasteiger partial charge on any atom is 0.186 e. The van der Waals surface area contributed by atoms with Crippen molar-refractivity contribution < 1.29 is 34.6 Å². The number of rotatable bonds is 21. The molecule has 0 aromatic rings. The average Bonchev–Trinajstić information content (AvgIpc) is 2.81. The fourth-order valence-corrected chi connectivity index (χ4v) is 4.20. The van der Waals surface area contributed by atoms with Crippen LogP contribution in [0.4, 0.5) is 0 Å². The van der Waals surface area contributed by atoms with E-state index in [1.165, 1.54) is 83.5 Å². The predicted octanol–water partition coefficient (Wildman–Crippen LogP) is 4.08. The van der Waals surface area contributed by atoms with Crippen molar-refractivity contribution in [3.05, 3.63) is 0 Å². The van der Waals surface area contributed by atoms with E-state index in [1.807, 2.05) is 0 Å². The molecule has 0 aromatic heterocycles. The maximum absolute atomic E-state index is 9.98. The van der Waals surface area contributed by atoms with Gasteiger partial charge in [0, 0.05) is 6.61 Å². The smallest absolute Gasteiger partial charge is 0.186 e. The molecule has 6 atom stereocenters. The minimum absolute atomic E-state index is 0.0733. The summed E-state index contributed by atoms with van der Waals surface area (Å²) < 4.78 is 16.2. The van der Waals surface area contributed by atoms with Crippen LogP contribution in [0.5, 0.6) is 0 Å². The van der Waals surface area contributed by atoms with Crippen LogP contribution >= 0.6 is 0 Å². The molecule has 0 amide bonds. The van der Waals surface area contributed by atoms with Gasteiger partial charge in [-0.3, -0.25) is 0 Å². The van der Waals surface area contributed by atoms with Crippen LogP contribution in [0.2, 0.25) is 0 Å². The lowest BCUT2D eigenvalue weighted by Gasteiger charge is -2.39. The monoisotopic (exact) mass is 476 g/mol. The molecule has 0 saturated carbocycles. The second kappa shape index (κ2) is 20.0. The molecule has 1 saturated heterocycles. The molecule has 33 heavy (non-hydrogen) atoms. The number of aliphatic hydroxyl groups is 4. The van der Waals surface area contributed by atoms with Crippen molar-refractivity contribution in [3.8, 4) is 0 Å². The first-order valence-corrected chi connectivity index (χ1v) is 13.5. The summed E-state index contributed by atoms with van der Waals surface area (Å²) in [6.07, 6.45) is 13.4. The Morgan fingerprint density at radius 2 is 1.15 bits per heavy atom. The van der Waals surface area contributed by atoms with Gasteiger partial charge in [0.25, 0.3) is 0 Å². The van der Waals surface area contributed by atoms with E-state index in [9.17, 15) is 20.4 Å². The van der Waals surface area contributed by atoms with Gasteiger partial charge in [-0.1, -0.05) is 96.8 Å². The van der Waals surface area contributed by atoms with E-state index in [1.54, 1.807) is 6.92 Å². The Morgan fingerprint density at radius 1 is 0.667 bits per heavy atom. The van der Waals surface area contributed by atoms with Gasteiger partial charge in [-0.05, 0) is 13.3 Å². The van der Waals surface area contributed by atoms with Crippen molar-refractivity contribution >= 4 is 0 Å². The highest BCUT2D eigenvalue weighted by Gasteiger charge is 2.42. The second-order valence-electron chi connectivity index (χ2n) is 9.69. The summed E-state index contributed by atoms with van der Waals surface area (Å²) in [4.78, 5) is 0. The van der Waals surface area contributed by atoms with E-state index in [4.69, 9.17) is 14.2 Å². The van der Waals surface area contributed by atoms with Gasteiger partial charge < -0.3 is 34.6 Å². The Balaban J connectivity index is 1.84. The molecule has 6 unspecified atom stereocenters. The van der Waals surface area contributed by atoms with Crippen LogP contribution < -0.4 is 0 Å². The quantitative estimate of drug-likeness (QED) is 0.185. The van der Waals surface area contributed by atoms with Gasteiger partial charge in [0.05, 0.1) is 19.3 Å². The van der Waals surface area contributed by atoms with Gasteiger partial charge >= 0.3 is 0 Å². The van der Waals surface area contributed by atoms with Crippen molar-refractivity contribution in [2.45, 2.75) is 147 Å². The van der Waals surface area contributed by atoms with E-state index in [0.29, 0.717) is 6.61 Å². The van der Waals surface area contributed by atoms with Crippen LogP contribution in [0.25, 0.3) is 0 Å². The molecular weight excluding hydrogens is 424 g/mol. The van der Waals surface area contributed by atoms with Gasteiger partial charge in [0.15, 0.2) is 6.29 Å². The fourth-order valence-electron chi connectivity index (χ4n) is 4.20. The van der Waals surface area contributed by atoms with E-state index >= 15 is 0 Å². The molecule has 1 aliphatic heterocycles. The Hall–Kier alpha value is -0.280. The molecule has 1 rings (SSSR count). The molecule has 4 N–H and O–H groups in total. The highest BCUT2D eigenvalue weighted by molar-refractivity contribution is 4.87. The number of hydrogen-bond acceptors (Lipinski definition) is 7. The van der Waals surface area contributed by atoms with Crippen LogP contribution in [0.15, 0.2) is 0 Å². The van der Waals surface area contributed by atoms with Gasteiger partial charge in [0.2, 0.25) is 0 Å². The molecule has 7 heteroatoms. The molecule has 0 bridgehead atoms. The van der Waals surface area contributed by atoms with Gasteiger partial charge in [-0.15, -0.1) is 0 Å². The van der Waals surface area contributed by atoms with Crippen molar-refractivity contribution in [3.63, 3.8) is 0 Å². The third kappa shape index (κ3) is 14.7. The second-order valence-corrected chi connectivity index (χ2v) is 9.69. The third-order valence-electron chi connectivity index (χ3n) is 6.46. The summed E-state index contributed by atoms with van der Waals surface area (Å²) in [6, 6.07) is 0. The summed E-state index contributed by atoms with van der Waals surface area (Å²) in [5.74, 6) is 0. The summed E-state index contributed by atoms with van der Waals surface area (Å²) >= 11 is 0. The molecule has 1 fully saturated rings. The molecule has 0 aliphatic carbocycles. The van der Waals surface area contributed by atoms with Gasteiger partial charge in [-0.2, -0.15) is 0 Å². The van der Waals surface area contributed by atoms with Crippen LogP contribution in [-0.2, 0) is 14.2 Å². The average molecular weight is 477 g/mol.